The van der Waals surface area contributed by atoms with Crippen LogP contribution in [0.2, 0.25) is 0 Å². The van der Waals surface area contributed by atoms with Gasteiger partial charge in [0.25, 0.3) is 0 Å². The highest BCUT2D eigenvalue weighted by atomic mass is 16.5. The molecule has 0 aromatic carbocycles. The molecule has 4 aliphatic carbocycles. The molecule has 0 amide bonds. The van der Waals surface area contributed by atoms with E-state index in [9.17, 15) is 14.7 Å². The van der Waals surface area contributed by atoms with Crippen LogP contribution < -0.4 is 0 Å². The summed E-state index contributed by atoms with van der Waals surface area (Å²) < 4.78 is 6.06. The monoisotopic (exact) mass is 473 g/mol. The van der Waals surface area contributed by atoms with E-state index in [2.05, 4.69) is 32.6 Å². The number of carbonyl (C=O) groups is 2. The number of nitrogens with zero attached hydrogens (tertiary/aromatic N) is 1. The van der Waals surface area contributed by atoms with Crippen LogP contribution in [0, 0.1) is 46.3 Å². The van der Waals surface area contributed by atoms with E-state index >= 15 is 0 Å². The van der Waals surface area contributed by atoms with E-state index in [1.165, 1.54) is 0 Å². The Morgan fingerprint density at radius 2 is 1.94 bits per heavy atom. The molecule has 0 bridgehead atoms. The van der Waals surface area contributed by atoms with Gasteiger partial charge in [0.2, 0.25) is 0 Å². The van der Waals surface area contributed by atoms with Gasteiger partial charge >= 0.3 is 0 Å². The molecular weight excluding hydrogens is 426 g/mol. The Hall–Kier alpha value is -0.780. The van der Waals surface area contributed by atoms with E-state index in [1.807, 2.05) is 0 Å². The first-order chi connectivity index (χ1) is 16.0. The number of ketones is 2. The van der Waals surface area contributed by atoms with E-state index in [1.54, 1.807) is 6.92 Å². The second-order valence-corrected chi connectivity index (χ2v) is 13.6. The van der Waals surface area contributed by atoms with Crippen molar-refractivity contribution in [3.63, 3.8) is 0 Å². The molecule has 0 aromatic rings. The van der Waals surface area contributed by atoms with Gasteiger partial charge in [-0.05, 0) is 86.4 Å². The Labute approximate surface area is 206 Å². The van der Waals surface area contributed by atoms with E-state index in [0.29, 0.717) is 35.9 Å². The molecule has 192 valence electrons. The van der Waals surface area contributed by atoms with Gasteiger partial charge in [-0.25, -0.2) is 0 Å². The molecule has 4 saturated carbocycles. The molecule has 3 unspecified atom stereocenters. The zero-order valence-electron chi connectivity index (χ0n) is 22.1. The fourth-order valence-corrected chi connectivity index (χ4v) is 9.85. The quantitative estimate of drug-likeness (QED) is 0.651. The minimum Gasteiger partial charge on any atom is -0.391 e. The van der Waals surface area contributed by atoms with Crippen molar-refractivity contribution in [1.82, 2.24) is 4.90 Å². The Morgan fingerprint density at radius 1 is 1.18 bits per heavy atom. The van der Waals surface area contributed by atoms with Crippen LogP contribution in [0.4, 0.5) is 0 Å². The first-order valence-electron chi connectivity index (χ1n) is 14.1. The number of hydrogen-bond donors (Lipinski definition) is 1. The second-order valence-electron chi connectivity index (χ2n) is 13.6. The lowest BCUT2D eigenvalue weighted by Crippen LogP contribution is -2.63. The standard InChI is InChI=1S/C29H47NO4/c1-17(2)12-20-16-30(10-11-34-20)24-14-28(4)19(13-25(24)32)6-7-21-23-9-8-22(18(3)31)29(23,5)15-26(33)27(21)28/h17,19-25,27,32H,6-16H2,1-5H3/t19?,20-,21+,22-,23+,24?,25?,27-,28+,29-/m1/s1. The summed E-state index contributed by atoms with van der Waals surface area (Å²) in [5, 5.41) is 11.3. The zero-order valence-corrected chi connectivity index (χ0v) is 22.1. The lowest BCUT2D eigenvalue weighted by molar-refractivity contribution is -0.173. The minimum absolute atomic E-state index is 0.0502. The van der Waals surface area contributed by atoms with Gasteiger partial charge in [-0.15, -0.1) is 0 Å². The van der Waals surface area contributed by atoms with E-state index < -0.39 is 0 Å². The van der Waals surface area contributed by atoms with Crippen LogP contribution in [0.3, 0.4) is 0 Å². The summed E-state index contributed by atoms with van der Waals surface area (Å²) in [7, 11) is 0. The molecule has 10 atom stereocenters. The largest absolute Gasteiger partial charge is 0.391 e. The SMILES string of the molecule is CC(=O)[C@H]1CC[C@H]2[C@@H]3CCC4CC(O)C(N5CCO[C@H](CC(C)C)C5)C[C@]4(C)[C@H]3C(=O)C[C@]12C. The Bertz CT molecular complexity index is 812. The van der Waals surface area contributed by atoms with Gasteiger partial charge in [0.15, 0.2) is 0 Å². The first-order valence-corrected chi connectivity index (χ1v) is 14.1. The van der Waals surface area contributed by atoms with Crippen LogP contribution in [0.5, 0.6) is 0 Å². The highest BCUT2D eigenvalue weighted by Crippen LogP contribution is 2.66. The molecule has 1 heterocycles. The number of hydrogen-bond acceptors (Lipinski definition) is 5. The summed E-state index contributed by atoms with van der Waals surface area (Å²) in [4.78, 5) is 28.9. The predicted octanol–water partition coefficient (Wildman–Crippen LogP) is 4.50. The van der Waals surface area contributed by atoms with Crippen LogP contribution in [0.15, 0.2) is 0 Å². The van der Waals surface area contributed by atoms with Crippen molar-refractivity contribution in [2.75, 3.05) is 19.7 Å². The third-order valence-electron chi connectivity index (χ3n) is 11.2. The first kappa shape index (κ1) is 24.9. The van der Waals surface area contributed by atoms with Crippen molar-refractivity contribution in [1.29, 1.82) is 0 Å². The molecule has 34 heavy (non-hydrogen) atoms. The predicted molar refractivity (Wildman–Crippen MR) is 132 cm³/mol. The van der Waals surface area contributed by atoms with E-state index in [-0.39, 0.29) is 46.7 Å². The highest BCUT2D eigenvalue weighted by molar-refractivity contribution is 5.87. The molecule has 0 radical (unpaired) electrons. The summed E-state index contributed by atoms with van der Waals surface area (Å²) in [6, 6.07) is 0.119. The maximum Gasteiger partial charge on any atom is 0.137 e. The normalized spacial score (nSPS) is 49.4. The number of fused-ring (bicyclic) bond motifs is 5. The molecule has 5 heteroatoms. The molecule has 1 saturated heterocycles. The molecule has 5 nitrogen and oxygen atoms in total. The smallest absolute Gasteiger partial charge is 0.137 e. The average molecular weight is 474 g/mol. The summed E-state index contributed by atoms with van der Waals surface area (Å²) in [5.41, 5.74) is -0.194. The van der Waals surface area contributed by atoms with Crippen molar-refractivity contribution < 1.29 is 19.4 Å². The minimum atomic E-state index is -0.315. The molecule has 5 fully saturated rings. The lowest BCUT2D eigenvalue weighted by atomic mass is 9.43. The van der Waals surface area contributed by atoms with Crippen molar-refractivity contribution >= 4 is 11.6 Å². The van der Waals surface area contributed by atoms with Gasteiger partial charge in [-0.2, -0.15) is 0 Å². The topological polar surface area (TPSA) is 66.8 Å². The molecule has 1 aliphatic heterocycles. The van der Waals surface area contributed by atoms with Crippen molar-refractivity contribution in [2.45, 2.75) is 104 Å². The van der Waals surface area contributed by atoms with Crippen LogP contribution in [-0.2, 0) is 14.3 Å². The number of ether oxygens (including phenoxy) is 1. The number of Topliss-reactive ketones (excluding diaryl/α,β-unsaturated/α-hetero) is 2. The molecule has 5 aliphatic rings. The van der Waals surface area contributed by atoms with E-state index in [4.69, 9.17) is 4.74 Å². The van der Waals surface area contributed by atoms with Crippen molar-refractivity contribution in [3.05, 3.63) is 0 Å². The maximum atomic E-state index is 13.9. The third kappa shape index (κ3) is 3.93. The summed E-state index contributed by atoms with van der Waals surface area (Å²) in [6.45, 7) is 13.4. The second kappa shape index (κ2) is 8.95. The summed E-state index contributed by atoms with van der Waals surface area (Å²) in [5.74, 6) is 2.77. The fraction of sp³-hybridized carbons (Fsp3) is 0.931. The summed E-state index contributed by atoms with van der Waals surface area (Å²) in [6.07, 6.45) is 7.56. The molecule has 1 N–H and O–H groups in total. The number of aliphatic hydroxyl groups is 1. The summed E-state index contributed by atoms with van der Waals surface area (Å²) >= 11 is 0. The lowest BCUT2D eigenvalue weighted by Gasteiger charge is -2.61. The Morgan fingerprint density at radius 3 is 2.65 bits per heavy atom. The van der Waals surface area contributed by atoms with Gasteiger partial charge in [-0.1, -0.05) is 27.7 Å². The van der Waals surface area contributed by atoms with Gasteiger partial charge in [0.1, 0.15) is 11.6 Å². The Kier molecular flexibility index (Phi) is 6.56. The van der Waals surface area contributed by atoms with E-state index in [0.717, 1.165) is 64.6 Å². The van der Waals surface area contributed by atoms with Crippen LogP contribution >= 0.6 is 0 Å². The van der Waals surface area contributed by atoms with Gasteiger partial charge in [-0.3, -0.25) is 14.5 Å². The van der Waals surface area contributed by atoms with Gasteiger partial charge < -0.3 is 9.84 Å². The van der Waals surface area contributed by atoms with Gasteiger partial charge in [0.05, 0.1) is 18.8 Å². The zero-order chi connectivity index (χ0) is 24.4. The van der Waals surface area contributed by atoms with Crippen LogP contribution in [0.25, 0.3) is 0 Å². The number of morpholine rings is 1. The van der Waals surface area contributed by atoms with Gasteiger partial charge in [0, 0.05) is 37.4 Å². The van der Waals surface area contributed by atoms with Crippen molar-refractivity contribution in [3.8, 4) is 0 Å². The van der Waals surface area contributed by atoms with Crippen LogP contribution in [-0.4, -0.2) is 59.5 Å². The van der Waals surface area contributed by atoms with Crippen LogP contribution in [0.1, 0.15) is 86.0 Å². The van der Waals surface area contributed by atoms with Crippen molar-refractivity contribution in [2.24, 2.45) is 46.3 Å². The Balaban J connectivity index is 1.39. The highest BCUT2D eigenvalue weighted by Gasteiger charge is 2.64. The molecule has 5 rings (SSSR count). The maximum absolute atomic E-state index is 13.9. The molecular formula is C29H47NO4. The third-order valence-corrected chi connectivity index (χ3v) is 11.2. The number of rotatable bonds is 4. The molecule has 0 aromatic heterocycles. The number of aliphatic hydroxyl groups excluding tert-OH is 1. The molecule has 0 spiro atoms. The fourth-order valence-electron chi connectivity index (χ4n) is 9.85. The average Bonchev–Trinajstić information content (AvgIpc) is 3.10. The number of carbonyl (C=O) groups excluding carboxylic acids is 2.